The highest BCUT2D eigenvalue weighted by Crippen LogP contribution is 2.18. The number of nitrogens with one attached hydrogen (secondary N) is 1. The molecule has 1 aromatic carbocycles. The number of rotatable bonds is 5. The average Bonchev–Trinajstić information content (AvgIpc) is 2.66. The van der Waals surface area contributed by atoms with Gasteiger partial charge in [-0.15, -0.1) is 0 Å². The lowest BCUT2D eigenvalue weighted by atomic mass is 10.1. The summed E-state index contributed by atoms with van der Waals surface area (Å²) < 4.78 is 27.3. The average molecular weight is 326 g/mol. The van der Waals surface area contributed by atoms with Gasteiger partial charge in [-0.05, 0) is 18.4 Å². The van der Waals surface area contributed by atoms with Crippen molar-refractivity contribution in [3.63, 3.8) is 0 Å². The molecule has 0 radical (unpaired) electrons. The van der Waals surface area contributed by atoms with Crippen LogP contribution in [0.25, 0.3) is 0 Å². The fourth-order valence-corrected chi connectivity index (χ4v) is 4.27. The summed E-state index contributed by atoms with van der Waals surface area (Å²) in [5.41, 5.74) is 7.03. The third-order valence-electron chi connectivity index (χ3n) is 3.80. The predicted octanol–water partition coefficient (Wildman–Crippen LogP) is 2.46. The number of nitrogens with two attached hydrogens (primary N) is 1. The molecule has 4 nitrogen and oxygen atoms in total. The summed E-state index contributed by atoms with van der Waals surface area (Å²) in [5.74, 6) is 0.00110. The van der Waals surface area contributed by atoms with Crippen LogP contribution in [0.2, 0.25) is 0 Å². The van der Waals surface area contributed by atoms with Gasteiger partial charge >= 0.3 is 0 Å². The fraction of sp³-hybridized carbons (Fsp3) is 0.533. The van der Waals surface area contributed by atoms with Gasteiger partial charge in [0.25, 0.3) is 0 Å². The van der Waals surface area contributed by atoms with Crippen LogP contribution in [-0.2, 0) is 15.8 Å². The molecular weight excluding hydrogens is 304 g/mol. The molecule has 1 aliphatic rings. The Hall–Kier alpha value is -0.980. The van der Waals surface area contributed by atoms with Gasteiger partial charge in [-0.2, -0.15) is 0 Å². The van der Waals surface area contributed by atoms with Crippen molar-refractivity contribution in [1.29, 1.82) is 0 Å². The Morgan fingerprint density at radius 1 is 1.14 bits per heavy atom. The smallest absolute Gasteiger partial charge is 0.216 e. The van der Waals surface area contributed by atoms with Crippen LogP contribution in [-0.4, -0.2) is 19.4 Å². The predicted molar refractivity (Wildman–Crippen MR) is 89.6 cm³/mol. The lowest BCUT2D eigenvalue weighted by Crippen LogP contribution is -2.35. The van der Waals surface area contributed by atoms with Crippen LogP contribution in [0, 0.1) is 0 Å². The highest BCUT2D eigenvalue weighted by Gasteiger charge is 2.19. The zero-order chi connectivity index (χ0) is 15.3. The number of hydrogen-bond acceptors (Lipinski definition) is 3. The van der Waals surface area contributed by atoms with Crippen LogP contribution in [0.1, 0.15) is 49.7 Å². The van der Waals surface area contributed by atoms with E-state index in [4.69, 9.17) is 18.0 Å². The van der Waals surface area contributed by atoms with Crippen molar-refractivity contribution in [3.05, 3.63) is 35.4 Å². The summed E-state index contributed by atoms with van der Waals surface area (Å²) in [6.07, 6.45) is 6.52. The molecule has 1 aliphatic carbocycles. The van der Waals surface area contributed by atoms with Crippen LogP contribution >= 0.6 is 12.2 Å². The molecule has 0 spiro atoms. The van der Waals surface area contributed by atoms with Gasteiger partial charge in [0.1, 0.15) is 4.99 Å². The Morgan fingerprint density at radius 2 is 1.71 bits per heavy atom. The molecule has 116 valence electrons. The summed E-state index contributed by atoms with van der Waals surface area (Å²) in [6.45, 7) is 0. The number of sulfonamides is 1. The molecule has 0 bridgehead atoms. The van der Waals surface area contributed by atoms with E-state index >= 15 is 0 Å². The summed E-state index contributed by atoms with van der Waals surface area (Å²) in [4.78, 5) is 0.320. The molecule has 0 amide bonds. The largest absolute Gasteiger partial charge is 0.389 e. The molecule has 2 rings (SSSR count). The fourth-order valence-electron chi connectivity index (χ4n) is 2.68. The molecule has 0 saturated heterocycles. The van der Waals surface area contributed by atoms with Crippen LogP contribution < -0.4 is 10.5 Å². The van der Waals surface area contributed by atoms with Gasteiger partial charge in [-0.1, -0.05) is 62.2 Å². The topological polar surface area (TPSA) is 72.2 Å². The maximum absolute atomic E-state index is 12.2. The first-order valence-electron chi connectivity index (χ1n) is 7.35. The first-order chi connectivity index (χ1) is 9.96. The van der Waals surface area contributed by atoms with Crippen LogP contribution in [0.5, 0.6) is 0 Å². The SMILES string of the molecule is NC(=S)c1ccc(CS(=O)(=O)NC2CCCCCC2)cc1. The monoisotopic (exact) mass is 326 g/mol. The van der Waals surface area contributed by atoms with Gasteiger partial charge in [0, 0.05) is 11.6 Å². The van der Waals surface area contributed by atoms with Crippen molar-refractivity contribution in [2.75, 3.05) is 0 Å². The molecule has 0 heterocycles. The number of hydrogen-bond donors (Lipinski definition) is 2. The van der Waals surface area contributed by atoms with Crippen LogP contribution in [0.3, 0.4) is 0 Å². The van der Waals surface area contributed by atoms with Crippen molar-refractivity contribution in [1.82, 2.24) is 4.72 Å². The third kappa shape index (κ3) is 5.37. The second-order valence-electron chi connectivity index (χ2n) is 5.63. The van der Waals surface area contributed by atoms with E-state index in [-0.39, 0.29) is 11.8 Å². The molecule has 0 aromatic heterocycles. The standard InChI is InChI=1S/C15H22N2O2S2/c16-15(20)13-9-7-12(8-10-13)11-21(18,19)17-14-5-3-1-2-4-6-14/h7-10,14,17H,1-6,11H2,(H2,16,20). The minimum atomic E-state index is -3.30. The van der Waals surface area contributed by atoms with Crippen molar-refractivity contribution < 1.29 is 8.42 Å². The van der Waals surface area contributed by atoms with E-state index in [2.05, 4.69) is 4.72 Å². The van der Waals surface area contributed by atoms with E-state index in [0.29, 0.717) is 4.99 Å². The van der Waals surface area contributed by atoms with Crippen molar-refractivity contribution in [2.45, 2.75) is 50.3 Å². The lowest BCUT2D eigenvalue weighted by Gasteiger charge is -2.16. The summed E-state index contributed by atoms with van der Waals surface area (Å²) in [7, 11) is -3.30. The maximum Gasteiger partial charge on any atom is 0.216 e. The second-order valence-corrected chi connectivity index (χ2v) is 7.82. The van der Waals surface area contributed by atoms with Gasteiger partial charge in [-0.25, -0.2) is 13.1 Å². The quantitative estimate of drug-likeness (QED) is 0.644. The van der Waals surface area contributed by atoms with Crippen molar-refractivity contribution in [2.24, 2.45) is 5.73 Å². The van der Waals surface area contributed by atoms with Gasteiger partial charge in [0.05, 0.1) is 5.75 Å². The van der Waals surface area contributed by atoms with Crippen molar-refractivity contribution >= 4 is 27.2 Å². The van der Waals surface area contributed by atoms with Crippen LogP contribution in [0.15, 0.2) is 24.3 Å². The van der Waals surface area contributed by atoms with Gasteiger partial charge < -0.3 is 5.73 Å². The molecule has 0 atom stereocenters. The Kier molecular flexibility index (Phi) is 5.72. The zero-order valence-corrected chi connectivity index (χ0v) is 13.7. The van der Waals surface area contributed by atoms with E-state index in [1.165, 1.54) is 12.8 Å². The Morgan fingerprint density at radius 3 is 2.24 bits per heavy atom. The summed E-state index contributed by atoms with van der Waals surface area (Å²) in [6, 6.07) is 7.15. The Bertz CT molecular complexity index is 574. The van der Waals surface area contributed by atoms with Gasteiger partial charge in [-0.3, -0.25) is 0 Å². The molecule has 6 heteroatoms. The molecule has 0 unspecified atom stereocenters. The molecule has 1 fully saturated rings. The molecule has 21 heavy (non-hydrogen) atoms. The maximum atomic E-state index is 12.2. The first kappa shape index (κ1) is 16.4. The van der Waals surface area contributed by atoms with E-state index in [1.54, 1.807) is 24.3 Å². The Balaban J connectivity index is 1.97. The lowest BCUT2D eigenvalue weighted by molar-refractivity contribution is 0.509. The molecule has 0 aliphatic heterocycles. The highest BCUT2D eigenvalue weighted by molar-refractivity contribution is 7.88. The van der Waals surface area contributed by atoms with E-state index in [1.807, 2.05) is 0 Å². The Labute approximate surface area is 132 Å². The summed E-state index contributed by atoms with van der Waals surface area (Å²) in [5, 5.41) is 0. The van der Waals surface area contributed by atoms with Crippen LogP contribution in [0.4, 0.5) is 0 Å². The summed E-state index contributed by atoms with van der Waals surface area (Å²) >= 11 is 4.88. The highest BCUT2D eigenvalue weighted by atomic mass is 32.2. The van der Waals surface area contributed by atoms with Gasteiger partial charge in [0.2, 0.25) is 10.0 Å². The first-order valence-corrected chi connectivity index (χ1v) is 9.41. The molecule has 1 saturated carbocycles. The number of thiocarbonyl (C=S) groups is 1. The molecular formula is C15H22N2O2S2. The minimum Gasteiger partial charge on any atom is -0.389 e. The molecule has 3 N–H and O–H groups in total. The number of benzene rings is 1. The van der Waals surface area contributed by atoms with Gasteiger partial charge in [0.15, 0.2) is 0 Å². The molecule has 1 aromatic rings. The minimum absolute atomic E-state index is 0.00110. The zero-order valence-electron chi connectivity index (χ0n) is 12.0. The van der Waals surface area contributed by atoms with E-state index in [9.17, 15) is 8.42 Å². The normalized spacial score (nSPS) is 17.3. The second kappa shape index (κ2) is 7.33. The van der Waals surface area contributed by atoms with Crippen molar-refractivity contribution in [3.8, 4) is 0 Å². The third-order valence-corrected chi connectivity index (χ3v) is 5.44. The van der Waals surface area contributed by atoms with E-state index in [0.717, 1.165) is 36.8 Å². The van der Waals surface area contributed by atoms with E-state index < -0.39 is 10.0 Å².